The van der Waals surface area contributed by atoms with Crippen LogP contribution in [0.3, 0.4) is 0 Å². The van der Waals surface area contributed by atoms with E-state index in [1.54, 1.807) is 21.1 Å². The molecule has 50 heavy (non-hydrogen) atoms. The topological polar surface area (TPSA) is 110 Å². The van der Waals surface area contributed by atoms with Crippen LogP contribution in [-0.2, 0) is 30.5 Å². The Morgan fingerprint density at radius 1 is 0.880 bits per heavy atom. The molecule has 4 aliphatic rings. The molecule has 4 heterocycles. The molecule has 0 radical (unpaired) electrons. The molecule has 4 atom stereocenters. The third-order valence-electron chi connectivity index (χ3n) is 11.2. The van der Waals surface area contributed by atoms with Crippen molar-refractivity contribution >= 4 is 5.97 Å². The van der Waals surface area contributed by atoms with Crippen molar-refractivity contribution in [3.8, 4) is 46.0 Å². The number of rotatable bonds is 5. The molecule has 4 aromatic carbocycles. The van der Waals surface area contributed by atoms with Crippen LogP contribution in [0.25, 0.3) is 0 Å². The lowest BCUT2D eigenvalue weighted by atomic mass is 9.85. The standard InChI is InChI=1S/C40H44N2O8/c1-23(40(44)45)42(3)16-14-26-20-33(47-5)35-22-29(26)31(42)18-24-7-10-28(11-8-24)49-34-19-25(9-12-32(34)46-4)17-30-37-27(13-15-41(30)2)21-36(48-6)38(43)39(37)50-35/h7-12,19-23,30-31H,13-18H2,1-6H3,(H-,43,44,45). The number of phenols is 1. The second kappa shape index (κ2) is 13.1. The van der Waals surface area contributed by atoms with Crippen molar-refractivity contribution in [3.05, 3.63) is 94.0 Å². The number of carbonyl (C=O) groups excluding carboxylic acids is 1. The summed E-state index contributed by atoms with van der Waals surface area (Å²) in [5.74, 6) is 2.27. The van der Waals surface area contributed by atoms with Crippen molar-refractivity contribution in [2.75, 3.05) is 48.5 Å². The maximum atomic E-state index is 12.4. The van der Waals surface area contributed by atoms with Gasteiger partial charge >= 0.3 is 0 Å². The Morgan fingerprint density at radius 3 is 2.26 bits per heavy atom. The molecule has 0 saturated heterocycles. The number of hydrogen-bond acceptors (Lipinski definition) is 9. The largest absolute Gasteiger partial charge is 0.544 e. The first-order chi connectivity index (χ1) is 24.0. The van der Waals surface area contributed by atoms with Crippen LogP contribution < -0.4 is 28.8 Å². The number of aromatic hydroxyl groups is 1. The summed E-state index contributed by atoms with van der Waals surface area (Å²) in [5.41, 5.74) is 5.98. The first kappa shape index (κ1) is 33.6. The van der Waals surface area contributed by atoms with Crippen LogP contribution in [0, 0.1) is 0 Å². The van der Waals surface area contributed by atoms with Gasteiger partial charge in [0.1, 0.15) is 17.8 Å². The van der Waals surface area contributed by atoms with E-state index in [1.807, 2.05) is 67.7 Å². The van der Waals surface area contributed by atoms with Gasteiger partial charge in [0.2, 0.25) is 5.75 Å². The van der Waals surface area contributed by atoms with Gasteiger partial charge < -0.3 is 43.2 Å². The number of quaternary nitrogens is 1. The molecule has 4 unspecified atom stereocenters. The molecule has 4 aliphatic heterocycles. The van der Waals surface area contributed by atoms with Crippen LogP contribution in [0.2, 0.25) is 0 Å². The van der Waals surface area contributed by atoms with E-state index in [4.69, 9.17) is 23.7 Å². The highest BCUT2D eigenvalue weighted by molar-refractivity contribution is 5.69. The fourth-order valence-corrected chi connectivity index (χ4v) is 8.00. The molecule has 0 fully saturated rings. The summed E-state index contributed by atoms with van der Waals surface area (Å²) in [4.78, 5) is 14.7. The number of benzene rings is 4. The Hall–Kier alpha value is -4.93. The van der Waals surface area contributed by atoms with Gasteiger partial charge in [0.25, 0.3) is 0 Å². The normalized spacial score (nSPS) is 21.8. The van der Waals surface area contributed by atoms with Crippen LogP contribution in [-0.4, -0.2) is 75.0 Å². The minimum atomic E-state index is -1.09. The van der Waals surface area contributed by atoms with Gasteiger partial charge in [-0.15, -0.1) is 0 Å². The van der Waals surface area contributed by atoms with Crippen LogP contribution >= 0.6 is 0 Å². The summed E-state index contributed by atoms with van der Waals surface area (Å²) >= 11 is 0. The second-order valence-corrected chi connectivity index (χ2v) is 13.9. The number of ether oxygens (including phenoxy) is 5. The van der Waals surface area contributed by atoms with Crippen molar-refractivity contribution in [2.24, 2.45) is 0 Å². The van der Waals surface area contributed by atoms with E-state index in [0.717, 1.165) is 46.3 Å². The number of fused-ring (bicyclic) bond motifs is 2. The van der Waals surface area contributed by atoms with Gasteiger partial charge in [-0.05, 0) is 91.5 Å². The number of carbonyl (C=O) groups is 1. The van der Waals surface area contributed by atoms with Gasteiger partial charge in [0.05, 0.1) is 40.9 Å². The number of carboxylic acid groups (broad SMARTS) is 1. The number of hydrogen-bond donors (Lipinski definition) is 1. The zero-order chi connectivity index (χ0) is 35.3. The third-order valence-corrected chi connectivity index (χ3v) is 11.2. The van der Waals surface area contributed by atoms with Gasteiger partial charge in [0.15, 0.2) is 34.5 Å². The molecular formula is C40H44N2O8. The zero-order valence-corrected chi connectivity index (χ0v) is 29.4. The molecule has 10 nitrogen and oxygen atoms in total. The van der Waals surface area contributed by atoms with Crippen LogP contribution in [0.5, 0.6) is 46.0 Å². The smallest absolute Gasteiger partial charge is 0.201 e. The number of likely N-dealkylation sites (N-methyl/N-ethyl adjacent to an activating group) is 2. The van der Waals surface area contributed by atoms with Gasteiger partial charge in [-0.3, -0.25) is 4.90 Å². The molecule has 10 heteroatoms. The molecule has 0 aliphatic carbocycles. The maximum Gasteiger partial charge on any atom is 0.201 e. The lowest BCUT2D eigenvalue weighted by molar-refractivity contribution is -0.956. The van der Waals surface area contributed by atoms with E-state index in [2.05, 4.69) is 11.9 Å². The third kappa shape index (κ3) is 5.76. The highest BCUT2D eigenvalue weighted by Crippen LogP contribution is 2.52. The number of methoxy groups -OCH3 is 3. The van der Waals surface area contributed by atoms with Crippen LogP contribution in [0.4, 0.5) is 0 Å². The minimum Gasteiger partial charge on any atom is -0.544 e. The molecule has 262 valence electrons. The Labute approximate surface area is 292 Å². The van der Waals surface area contributed by atoms with Gasteiger partial charge in [-0.25, -0.2) is 0 Å². The van der Waals surface area contributed by atoms with Crippen molar-refractivity contribution in [2.45, 2.75) is 50.7 Å². The molecule has 0 spiro atoms. The van der Waals surface area contributed by atoms with Gasteiger partial charge in [0, 0.05) is 36.6 Å². The molecule has 0 amide bonds. The van der Waals surface area contributed by atoms with Crippen molar-refractivity contribution in [1.29, 1.82) is 0 Å². The van der Waals surface area contributed by atoms with Crippen LogP contribution in [0.15, 0.2) is 60.7 Å². The average Bonchev–Trinajstić information content (AvgIpc) is 3.11. The highest BCUT2D eigenvalue weighted by atomic mass is 16.5. The SMILES string of the molecule is COc1ccc2cc1Oc1ccc(cc1)CC1c3cc(c(OC)cc3CC[N+]1(C)C(C)C(=O)[O-])Oc1c(O)c(OC)cc3c1C(C2)N(C)CC3. The number of nitrogens with zero attached hydrogens (tertiary/aromatic N) is 2. The predicted octanol–water partition coefficient (Wildman–Crippen LogP) is 5.51. The fourth-order valence-electron chi connectivity index (χ4n) is 8.00. The molecule has 6 bridgehead atoms. The number of phenolic OH excluding ortho intramolecular Hbond substituents is 1. The average molecular weight is 681 g/mol. The Bertz CT molecular complexity index is 1940. The Kier molecular flexibility index (Phi) is 8.78. The lowest BCUT2D eigenvalue weighted by Crippen LogP contribution is -2.62. The zero-order valence-electron chi connectivity index (χ0n) is 29.4. The van der Waals surface area contributed by atoms with Gasteiger partial charge in [-0.1, -0.05) is 18.2 Å². The predicted molar refractivity (Wildman–Crippen MR) is 186 cm³/mol. The summed E-state index contributed by atoms with van der Waals surface area (Å²) in [6.07, 6.45) is 2.54. The minimum absolute atomic E-state index is 0.0956. The molecule has 1 N–H and O–H groups in total. The first-order valence-electron chi connectivity index (χ1n) is 17.1. The van der Waals surface area contributed by atoms with E-state index in [9.17, 15) is 15.0 Å². The fraction of sp³-hybridized carbons (Fsp3) is 0.375. The summed E-state index contributed by atoms with van der Waals surface area (Å²) in [6.45, 7) is 3.13. The first-order valence-corrected chi connectivity index (χ1v) is 17.1. The quantitative estimate of drug-likeness (QED) is 0.273. The number of aliphatic carboxylic acids is 1. The molecule has 0 saturated carbocycles. The molecule has 4 aromatic rings. The molecular weight excluding hydrogens is 636 g/mol. The van der Waals surface area contributed by atoms with Crippen LogP contribution in [0.1, 0.15) is 52.4 Å². The van der Waals surface area contributed by atoms with Crippen molar-refractivity contribution < 1.29 is 43.2 Å². The monoisotopic (exact) mass is 680 g/mol. The molecule has 0 aromatic heterocycles. The number of carboxylic acids is 1. The Morgan fingerprint density at radius 2 is 1.56 bits per heavy atom. The van der Waals surface area contributed by atoms with E-state index >= 15 is 0 Å². The van der Waals surface area contributed by atoms with E-state index in [-0.39, 0.29) is 22.3 Å². The summed E-state index contributed by atoms with van der Waals surface area (Å²) in [6, 6.07) is 18.6. The maximum absolute atomic E-state index is 12.4. The van der Waals surface area contributed by atoms with Crippen molar-refractivity contribution in [3.63, 3.8) is 0 Å². The summed E-state index contributed by atoms with van der Waals surface area (Å²) in [5, 5.41) is 24.2. The Balaban J connectivity index is 1.48. The van der Waals surface area contributed by atoms with Gasteiger partial charge in [-0.2, -0.15) is 0 Å². The van der Waals surface area contributed by atoms with E-state index in [1.165, 1.54) is 7.11 Å². The van der Waals surface area contributed by atoms with Crippen molar-refractivity contribution in [1.82, 2.24) is 4.90 Å². The summed E-state index contributed by atoms with van der Waals surface area (Å²) in [7, 11) is 8.83. The van der Waals surface area contributed by atoms with E-state index in [0.29, 0.717) is 66.1 Å². The highest BCUT2D eigenvalue weighted by Gasteiger charge is 2.44. The molecule has 8 rings (SSSR count). The lowest BCUT2D eigenvalue weighted by Gasteiger charge is -2.50. The second-order valence-electron chi connectivity index (χ2n) is 13.9. The summed E-state index contributed by atoms with van der Waals surface area (Å²) < 4.78 is 30.8. The van der Waals surface area contributed by atoms with E-state index < -0.39 is 12.0 Å².